The number of halogens is 2. The molecule has 19 heavy (non-hydrogen) atoms. The van der Waals surface area contributed by atoms with E-state index in [0.29, 0.717) is 27.6 Å². The van der Waals surface area contributed by atoms with Crippen molar-refractivity contribution in [3.8, 4) is 0 Å². The summed E-state index contributed by atoms with van der Waals surface area (Å²) >= 11 is 12.0. The molecule has 4 heteroatoms. The molecule has 0 radical (unpaired) electrons. The second-order valence-corrected chi connectivity index (χ2v) is 6.41. The van der Waals surface area contributed by atoms with Crippen LogP contribution in [-0.2, 0) is 0 Å². The van der Waals surface area contributed by atoms with E-state index < -0.39 is 6.10 Å². The summed E-state index contributed by atoms with van der Waals surface area (Å²) in [5.41, 5.74) is 1.19. The highest BCUT2D eigenvalue weighted by atomic mass is 35.5. The molecule has 2 nitrogen and oxygen atoms in total. The van der Waals surface area contributed by atoms with Crippen LogP contribution in [0.2, 0.25) is 10.0 Å². The van der Waals surface area contributed by atoms with Gasteiger partial charge in [-0.25, -0.2) is 0 Å². The van der Waals surface area contributed by atoms with Crippen molar-refractivity contribution in [3.63, 3.8) is 0 Å². The lowest BCUT2D eigenvalue weighted by Gasteiger charge is -2.18. The van der Waals surface area contributed by atoms with Crippen molar-refractivity contribution in [2.75, 3.05) is 13.1 Å². The largest absolute Gasteiger partial charge is 0.387 e. The zero-order valence-electron chi connectivity index (χ0n) is 11.3. The Morgan fingerprint density at radius 2 is 2.11 bits per heavy atom. The average Bonchev–Trinajstić information content (AvgIpc) is 3.12. The molecule has 0 heterocycles. The summed E-state index contributed by atoms with van der Waals surface area (Å²) in [6.45, 7) is 3.72. The Labute approximate surface area is 125 Å². The van der Waals surface area contributed by atoms with E-state index in [-0.39, 0.29) is 0 Å². The molecule has 0 bridgehead atoms. The normalized spacial score (nSPS) is 18.3. The summed E-state index contributed by atoms with van der Waals surface area (Å²) in [5, 5.41) is 14.7. The first-order chi connectivity index (χ1) is 9.06. The van der Waals surface area contributed by atoms with Crippen LogP contribution < -0.4 is 5.32 Å². The van der Waals surface area contributed by atoms with Crippen LogP contribution >= 0.6 is 23.2 Å². The molecular weight excluding hydrogens is 281 g/mol. The van der Waals surface area contributed by atoms with Crippen molar-refractivity contribution < 1.29 is 5.11 Å². The third kappa shape index (κ3) is 4.09. The number of aliphatic hydroxyl groups is 1. The standard InChI is InChI=1S/C15H21Cl2NO/c1-2-5-15(6-7-15)10-18-9-14(19)12-8-11(16)3-4-13(12)17/h3-4,8,14,18-19H,2,5-7,9-10H2,1H3. The molecule has 106 valence electrons. The minimum absolute atomic E-state index is 0.493. The van der Waals surface area contributed by atoms with Gasteiger partial charge in [-0.05, 0) is 42.9 Å². The molecule has 0 saturated heterocycles. The molecule has 1 aromatic rings. The molecule has 0 aromatic heterocycles. The number of hydrogen-bond donors (Lipinski definition) is 2. The van der Waals surface area contributed by atoms with E-state index in [1.807, 2.05) is 0 Å². The first kappa shape index (κ1) is 15.1. The number of benzene rings is 1. The van der Waals surface area contributed by atoms with Crippen molar-refractivity contribution in [3.05, 3.63) is 33.8 Å². The topological polar surface area (TPSA) is 32.3 Å². The summed E-state index contributed by atoms with van der Waals surface area (Å²) in [7, 11) is 0. The highest BCUT2D eigenvalue weighted by Gasteiger charge is 2.40. The third-order valence-corrected chi connectivity index (χ3v) is 4.47. The van der Waals surface area contributed by atoms with E-state index in [1.165, 1.54) is 25.7 Å². The van der Waals surface area contributed by atoms with Crippen LogP contribution in [0, 0.1) is 5.41 Å². The van der Waals surface area contributed by atoms with Crippen LogP contribution in [0.4, 0.5) is 0 Å². The predicted octanol–water partition coefficient (Wildman–Crippen LogP) is 4.20. The Kier molecular flexibility index (Phi) is 5.13. The van der Waals surface area contributed by atoms with Gasteiger partial charge in [0.2, 0.25) is 0 Å². The fraction of sp³-hybridized carbons (Fsp3) is 0.600. The van der Waals surface area contributed by atoms with Gasteiger partial charge in [-0.2, -0.15) is 0 Å². The summed E-state index contributed by atoms with van der Waals surface area (Å²) in [5.74, 6) is 0. The van der Waals surface area contributed by atoms with Crippen LogP contribution in [0.3, 0.4) is 0 Å². The maximum absolute atomic E-state index is 10.2. The summed E-state index contributed by atoms with van der Waals surface area (Å²) in [6, 6.07) is 5.19. The van der Waals surface area contributed by atoms with Crippen molar-refractivity contribution in [1.29, 1.82) is 0 Å². The predicted molar refractivity (Wildman–Crippen MR) is 80.9 cm³/mol. The van der Waals surface area contributed by atoms with Crippen molar-refractivity contribution in [1.82, 2.24) is 5.32 Å². The van der Waals surface area contributed by atoms with Gasteiger partial charge in [-0.15, -0.1) is 0 Å². The molecule has 1 fully saturated rings. The highest BCUT2D eigenvalue weighted by Crippen LogP contribution is 2.48. The second-order valence-electron chi connectivity index (χ2n) is 5.56. The molecule has 2 N–H and O–H groups in total. The van der Waals surface area contributed by atoms with Crippen LogP contribution in [0.1, 0.15) is 44.3 Å². The SMILES string of the molecule is CCCC1(CNCC(O)c2cc(Cl)ccc2Cl)CC1. The minimum atomic E-state index is -0.608. The van der Waals surface area contributed by atoms with Gasteiger partial charge in [-0.1, -0.05) is 36.5 Å². The fourth-order valence-electron chi connectivity index (χ4n) is 2.58. The highest BCUT2D eigenvalue weighted by molar-refractivity contribution is 6.33. The molecule has 0 aliphatic heterocycles. The molecule has 1 aromatic carbocycles. The number of aliphatic hydroxyl groups excluding tert-OH is 1. The molecule has 1 aliphatic rings. The first-order valence-corrected chi connectivity index (χ1v) is 7.66. The first-order valence-electron chi connectivity index (χ1n) is 6.90. The molecule has 1 saturated carbocycles. The molecular formula is C15H21Cl2NO. The van der Waals surface area contributed by atoms with E-state index >= 15 is 0 Å². The Morgan fingerprint density at radius 1 is 1.37 bits per heavy atom. The van der Waals surface area contributed by atoms with E-state index in [2.05, 4.69) is 12.2 Å². The summed E-state index contributed by atoms with van der Waals surface area (Å²) in [6.07, 6.45) is 4.51. The lowest BCUT2D eigenvalue weighted by molar-refractivity contribution is 0.171. The Bertz CT molecular complexity index is 432. The Hall–Kier alpha value is -0.280. The van der Waals surface area contributed by atoms with Crippen LogP contribution in [-0.4, -0.2) is 18.2 Å². The molecule has 2 rings (SSSR count). The van der Waals surface area contributed by atoms with Gasteiger partial charge in [0.05, 0.1) is 6.10 Å². The van der Waals surface area contributed by atoms with Crippen LogP contribution in [0.5, 0.6) is 0 Å². The van der Waals surface area contributed by atoms with E-state index in [4.69, 9.17) is 23.2 Å². The van der Waals surface area contributed by atoms with Crippen LogP contribution in [0.25, 0.3) is 0 Å². The lowest BCUT2D eigenvalue weighted by atomic mass is 10.0. The van der Waals surface area contributed by atoms with E-state index in [9.17, 15) is 5.11 Å². The zero-order valence-corrected chi connectivity index (χ0v) is 12.8. The number of nitrogens with one attached hydrogen (secondary N) is 1. The van der Waals surface area contributed by atoms with Crippen molar-refractivity contribution in [2.24, 2.45) is 5.41 Å². The van der Waals surface area contributed by atoms with Gasteiger partial charge in [-0.3, -0.25) is 0 Å². The zero-order chi connectivity index (χ0) is 13.9. The number of hydrogen-bond acceptors (Lipinski definition) is 2. The summed E-state index contributed by atoms with van der Waals surface area (Å²) < 4.78 is 0. The average molecular weight is 302 g/mol. The van der Waals surface area contributed by atoms with E-state index in [1.54, 1.807) is 18.2 Å². The fourth-order valence-corrected chi connectivity index (χ4v) is 3.00. The van der Waals surface area contributed by atoms with Gasteiger partial charge in [0, 0.05) is 28.7 Å². The Balaban J connectivity index is 1.84. The molecule has 1 aliphatic carbocycles. The minimum Gasteiger partial charge on any atom is -0.387 e. The van der Waals surface area contributed by atoms with Gasteiger partial charge < -0.3 is 10.4 Å². The monoisotopic (exact) mass is 301 g/mol. The van der Waals surface area contributed by atoms with Crippen molar-refractivity contribution >= 4 is 23.2 Å². The van der Waals surface area contributed by atoms with Crippen LogP contribution in [0.15, 0.2) is 18.2 Å². The van der Waals surface area contributed by atoms with Gasteiger partial charge in [0.15, 0.2) is 0 Å². The lowest BCUT2D eigenvalue weighted by Crippen LogP contribution is -2.28. The van der Waals surface area contributed by atoms with E-state index in [0.717, 1.165) is 6.54 Å². The second kappa shape index (κ2) is 6.45. The quantitative estimate of drug-likeness (QED) is 0.791. The van der Waals surface area contributed by atoms with Gasteiger partial charge in [0.1, 0.15) is 0 Å². The number of rotatable bonds is 7. The Morgan fingerprint density at radius 3 is 2.74 bits per heavy atom. The van der Waals surface area contributed by atoms with Gasteiger partial charge in [0.25, 0.3) is 0 Å². The molecule has 0 spiro atoms. The maximum atomic E-state index is 10.2. The molecule has 1 atom stereocenters. The third-order valence-electron chi connectivity index (χ3n) is 3.89. The van der Waals surface area contributed by atoms with Crippen molar-refractivity contribution in [2.45, 2.75) is 38.7 Å². The van der Waals surface area contributed by atoms with Gasteiger partial charge >= 0.3 is 0 Å². The molecule has 1 unspecified atom stereocenters. The molecule has 0 amide bonds. The summed E-state index contributed by atoms with van der Waals surface area (Å²) in [4.78, 5) is 0. The smallest absolute Gasteiger partial charge is 0.0929 e. The maximum Gasteiger partial charge on any atom is 0.0929 e.